The lowest BCUT2D eigenvalue weighted by Gasteiger charge is -2.24. The van der Waals surface area contributed by atoms with Crippen molar-refractivity contribution in [3.63, 3.8) is 0 Å². The maximum atomic E-state index is 10.1. The Kier molecular flexibility index (Phi) is 4.17. The Labute approximate surface area is 119 Å². The molecule has 2 aliphatic rings. The van der Waals surface area contributed by atoms with E-state index < -0.39 is 6.10 Å². The number of anilines is 1. The van der Waals surface area contributed by atoms with Gasteiger partial charge < -0.3 is 15.2 Å². The molecule has 5 nitrogen and oxygen atoms in total. The third-order valence-corrected chi connectivity index (χ3v) is 4.23. The van der Waals surface area contributed by atoms with Crippen LogP contribution >= 0.6 is 0 Å². The summed E-state index contributed by atoms with van der Waals surface area (Å²) in [6.45, 7) is 3.23. The minimum absolute atomic E-state index is 0.0310. The Balaban J connectivity index is 1.60. The number of hydrogen-bond donors (Lipinski definition) is 2. The van der Waals surface area contributed by atoms with Gasteiger partial charge >= 0.3 is 0 Å². The Morgan fingerprint density at radius 3 is 2.85 bits per heavy atom. The molecule has 3 rings (SSSR count). The van der Waals surface area contributed by atoms with Crippen molar-refractivity contribution < 1.29 is 9.84 Å². The Morgan fingerprint density at radius 1 is 1.35 bits per heavy atom. The standard InChI is InChI=1S/C15H23N3O2/c1-10-8-14(18-15(17-10)11-4-2-5-11)16-9-12(19)13-6-3-7-20-13/h8,11-13,19H,2-7,9H2,1H3,(H,16,17,18). The molecule has 0 aromatic carbocycles. The summed E-state index contributed by atoms with van der Waals surface area (Å²) < 4.78 is 5.49. The number of aryl methyl sites for hydroxylation is 1. The summed E-state index contributed by atoms with van der Waals surface area (Å²) in [4.78, 5) is 9.10. The molecular formula is C15H23N3O2. The second-order valence-corrected chi connectivity index (χ2v) is 5.88. The van der Waals surface area contributed by atoms with Crippen molar-refractivity contribution in [3.05, 3.63) is 17.6 Å². The van der Waals surface area contributed by atoms with E-state index in [1.165, 1.54) is 19.3 Å². The van der Waals surface area contributed by atoms with Gasteiger partial charge in [-0.25, -0.2) is 9.97 Å². The summed E-state index contributed by atoms with van der Waals surface area (Å²) in [5.74, 6) is 2.29. The van der Waals surface area contributed by atoms with Gasteiger partial charge in [-0.2, -0.15) is 0 Å². The van der Waals surface area contributed by atoms with Crippen LogP contribution < -0.4 is 5.32 Å². The van der Waals surface area contributed by atoms with Gasteiger partial charge in [0, 0.05) is 30.8 Å². The van der Waals surface area contributed by atoms with Crippen LogP contribution in [-0.4, -0.2) is 40.4 Å². The average molecular weight is 277 g/mol. The van der Waals surface area contributed by atoms with Crippen molar-refractivity contribution in [2.24, 2.45) is 0 Å². The zero-order valence-electron chi connectivity index (χ0n) is 12.0. The molecule has 1 aliphatic heterocycles. The van der Waals surface area contributed by atoms with Crippen LogP contribution in [0.1, 0.15) is 49.5 Å². The minimum atomic E-state index is -0.472. The zero-order chi connectivity index (χ0) is 13.9. The van der Waals surface area contributed by atoms with E-state index >= 15 is 0 Å². The van der Waals surface area contributed by atoms with E-state index in [9.17, 15) is 5.11 Å². The van der Waals surface area contributed by atoms with E-state index in [0.717, 1.165) is 36.8 Å². The first-order valence-corrected chi connectivity index (χ1v) is 7.61. The normalized spacial score (nSPS) is 24.4. The van der Waals surface area contributed by atoms with Crippen LogP contribution in [0.4, 0.5) is 5.82 Å². The number of hydrogen-bond acceptors (Lipinski definition) is 5. The van der Waals surface area contributed by atoms with Gasteiger partial charge in [-0.05, 0) is 32.6 Å². The van der Waals surface area contributed by atoms with Crippen LogP contribution in [0.25, 0.3) is 0 Å². The van der Waals surface area contributed by atoms with Crippen molar-refractivity contribution in [1.82, 2.24) is 9.97 Å². The third kappa shape index (κ3) is 3.10. The Bertz CT molecular complexity index is 456. The van der Waals surface area contributed by atoms with E-state index in [4.69, 9.17) is 4.74 Å². The summed E-state index contributed by atoms with van der Waals surface area (Å²) >= 11 is 0. The number of aliphatic hydroxyl groups excluding tert-OH is 1. The summed E-state index contributed by atoms with van der Waals surface area (Å²) in [5.41, 5.74) is 0.982. The highest BCUT2D eigenvalue weighted by atomic mass is 16.5. The number of ether oxygens (including phenoxy) is 1. The first-order chi connectivity index (χ1) is 9.72. The number of aromatic nitrogens is 2. The molecule has 1 aromatic heterocycles. The Morgan fingerprint density at radius 2 is 2.20 bits per heavy atom. The van der Waals surface area contributed by atoms with Crippen LogP contribution in [-0.2, 0) is 4.74 Å². The molecule has 1 aliphatic carbocycles. The van der Waals surface area contributed by atoms with Gasteiger partial charge in [0.25, 0.3) is 0 Å². The number of aliphatic hydroxyl groups is 1. The fourth-order valence-corrected chi connectivity index (χ4v) is 2.78. The number of rotatable bonds is 5. The highest BCUT2D eigenvalue weighted by molar-refractivity contribution is 5.36. The van der Waals surface area contributed by atoms with Crippen LogP contribution in [0, 0.1) is 6.92 Å². The second kappa shape index (κ2) is 6.06. The predicted molar refractivity (Wildman–Crippen MR) is 76.8 cm³/mol. The molecule has 0 amide bonds. The fourth-order valence-electron chi connectivity index (χ4n) is 2.78. The highest BCUT2D eigenvalue weighted by Gasteiger charge is 2.25. The lowest BCUT2D eigenvalue weighted by atomic mass is 9.85. The van der Waals surface area contributed by atoms with E-state index in [1.54, 1.807) is 0 Å². The molecule has 2 N–H and O–H groups in total. The van der Waals surface area contributed by atoms with Gasteiger partial charge in [-0.3, -0.25) is 0 Å². The van der Waals surface area contributed by atoms with Crippen molar-refractivity contribution >= 4 is 5.82 Å². The van der Waals surface area contributed by atoms with E-state index in [2.05, 4.69) is 15.3 Å². The van der Waals surface area contributed by atoms with Crippen LogP contribution in [0.2, 0.25) is 0 Å². The van der Waals surface area contributed by atoms with Crippen LogP contribution in [0.15, 0.2) is 6.07 Å². The van der Waals surface area contributed by atoms with E-state index in [1.807, 2.05) is 13.0 Å². The maximum absolute atomic E-state index is 10.1. The molecule has 20 heavy (non-hydrogen) atoms. The molecule has 1 saturated carbocycles. The zero-order valence-corrected chi connectivity index (χ0v) is 12.0. The van der Waals surface area contributed by atoms with Gasteiger partial charge in [-0.15, -0.1) is 0 Å². The van der Waals surface area contributed by atoms with Gasteiger partial charge in [-0.1, -0.05) is 6.42 Å². The summed E-state index contributed by atoms with van der Waals surface area (Å²) in [7, 11) is 0. The molecule has 0 radical (unpaired) electrons. The highest BCUT2D eigenvalue weighted by Crippen LogP contribution is 2.34. The van der Waals surface area contributed by atoms with Crippen LogP contribution in [0.5, 0.6) is 0 Å². The first kappa shape index (κ1) is 13.8. The Hall–Kier alpha value is -1.20. The summed E-state index contributed by atoms with van der Waals surface area (Å²) in [6.07, 6.45) is 5.15. The van der Waals surface area contributed by atoms with Crippen molar-refractivity contribution in [1.29, 1.82) is 0 Å². The molecule has 110 valence electrons. The summed E-state index contributed by atoms with van der Waals surface area (Å²) in [6, 6.07) is 1.93. The molecule has 0 bridgehead atoms. The smallest absolute Gasteiger partial charge is 0.134 e. The molecule has 2 unspecified atom stereocenters. The largest absolute Gasteiger partial charge is 0.389 e. The number of nitrogens with zero attached hydrogens (tertiary/aromatic N) is 2. The topological polar surface area (TPSA) is 67.3 Å². The number of nitrogens with one attached hydrogen (secondary N) is 1. The van der Waals surface area contributed by atoms with E-state index in [-0.39, 0.29) is 6.10 Å². The van der Waals surface area contributed by atoms with Gasteiger partial charge in [0.1, 0.15) is 11.6 Å². The van der Waals surface area contributed by atoms with Gasteiger partial charge in [0.2, 0.25) is 0 Å². The lowest BCUT2D eigenvalue weighted by Crippen LogP contribution is -2.32. The molecule has 1 aromatic rings. The quantitative estimate of drug-likeness (QED) is 0.861. The lowest BCUT2D eigenvalue weighted by molar-refractivity contribution is 0.00564. The second-order valence-electron chi connectivity index (χ2n) is 5.88. The predicted octanol–water partition coefficient (Wildman–Crippen LogP) is 2.00. The average Bonchev–Trinajstić information content (AvgIpc) is 2.87. The molecule has 1 saturated heterocycles. The first-order valence-electron chi connectivity index (χ1n) is 7.61. The SMILES string of the molecule is Cc1cc(NCC(O)C2CCCO2)nc(C2CCC2)n1. The molecule has 0 spiro atoms. The molecule has 2 heterocycles. The molecular weight excluding hydrogens is 254 g/mol. The van der Waals surface area contributed by atoms with Gasteiger partial charge in [0.05, 0.1) is 12.2 Å². The van der Waals surface area contributed by atoms with E-state index in [0.29, 0.717) is 12.5 Å². The molecule has 2 fully saturated rings. The van der Waals surface area contributed by atoms with Crippen molar-refractivity contribution in [3.8, 4) is 0 Å². The minimum Gasteiger partial charge on any atom is -0.389 e. The van der Waals surface area contributed by atoms with Crippen molar-refractivity contribution in [2.75, 3.05) is 18.5 Å². The summed E-state index contributed by atoms with van der Waals surface area (Å²) in [5, 5.41) is 13.3. The van der Waals surface area contributed by atoms with Crippen molar-refractivity contribution in [2.45, 2.75) is 57.2 Å². The third-order valence-electron chi connectivity index (χ3n) is 4.23. The fraction of sp³-hybridized carbons (Fsp3) is 0.733. The monoisotopic (exact) mass is 277 g/mol. The van der Waals surface area contributed by atoms with Crippen LogP contribution in [0.3, 0.4) is 0 Å². The molecule has 2 atom stereocenters. The molecule has 5 heteroatoms. The maximum Gasteiger partial charge on any atom is 0.134 e. The van der Waals surface area contributed by atoms with Gasteiger partial charge in [0.15, 0.2) is 0 Å².